The Kier molecular flexibility index (Phi) is 7.15. The molecule has 2 aromatic rings. The maximum absolute atomic E-state index is 11.0. The zero-order chi connectivity index (χ0) is 21.6. The minimum Gasteiger partial charge on any atom is -0.507 e. The summed E-state index contributed by atoms with van der Waals surface area (Å²) in [6, 6.07) is 10.1. The number of ether oxygens (including phenoxy) is 2. The first-order chi connectivity index (χ1) is 15.1. The van der Waals surface area contributed by atoms with E-state index < -0.39 is 0 Å². The summed E-state index contributed by atoms with van der Waals surface area (Å²) in [5, 5.41) is 11.0. The Bertz CT molecular complexity index is 852. The Morgan fingerprint density at radius 3 is 1.55 bits per heavy atom. The van der Waals surface area contributed by atoms with E-state index in [-0.39, 0.29) is 0 Å². The molecule has 0 saturated carbocycles. The molecule has 0 radical (unpaired) electrons. The normalized spacial score (nSPS) is 17.6. The van der Waals surface area contributed by atoms with Gasteiger partial charge in [0, 0.05) is 30.3 Å². The lowest BCUT2D eigenvalue weighted by molar-refractivity contribution is 0.312. The lowest BCUT2D eigenvalue weighted by Crippen LogP contribution is -2.20. The number of hydrogen-bond donors (Lipinski definition) is 1. The molecule has 31 heavy (non-hydrogen) atoms. The number of phenols is 1. The van der Waals surface area contributed by atoms with Gasteiger partial charge in [0.15, 0.2) is 0 Å². The summed E-state index contributed by atoms with van der Waals surface area (Å²) < 4.78 is 10.8. The Labute approximate surface area is 185 Å². The van der Waals surface area contributed by atoms with Gasteiger partial charge in [-0.25, -0.2) is 0 Å². The molecule has 0 bridgehead atoms. The molecule has 0 unspecified atom stereocenters. The Morgan fingerprint density at radius 1 is 0.710 bits per heavy atom. The van der Waals surface area contributed by atoms with E-state index in [0.717, 1.165) is 73.0 Å². The van der Waals surface area contributed by atoms with E-state index in [1.54, 1.807) is 14.2 Å². The summed E-state index contributed by atoms with van der Waals surface area (Å²) in [6.45, 7) is 6.09. The molecule has 0 spiro atoms. The number of nitrogens with zero attached hydrogens (tertiary/aromatic N) is 2. The zero-order valence-corrected chi connectivity index (χ0v) is 18.8. The lowest BCUT2D eigenvalue weighted by atomic mass is 10.0. The number of methoxy groups -OCH3 is 2. The smallest absolute Gasteiger partial charge is 0.124 e. The Balaban J connectivity index is 1.62. The van der Waals surface area contributed by atoms with Crippen molar-refractivity contribution in [3.8, 4) is 17.2 Å². The zero-order valence-electron chi connectivity index (χ0n) is 18.8. The molecule has 0 aliphatic carbocycles. The predicted molar refractivity (Wildman–Crippen MR) is 126 cm³/mol. The van der Waals surface area contributed by atoms with Crippen LogP contribution in [0.25, 0.3) is 12.2 Å². The number of aromatic hydroxyl groups is 1. The summed E-state index contributed by atoms with van der Waals surface area (Å²) in [5.74, 6) is 2.02. The second-order valence-electron chi connectivity index (χ2n) is 8.63. The average Bonchev–Trinajstić information content (AvgIpc) is 3.49. The van der Waals surface area contributed by atoms with Gasteiger partial charge in [0.05, 0.1) is 14.2 Å². The molecule has 1 N–H and O–H groups in total. The third-order valence-corrected chi connectivity index (χ3v) is 6.32. The fourth-order valence-electron chi connectivity index (χ4n) is 4.61. The quantitative estimate of drug-likeness (QED) is 0.621. The van der Waals surface area contributed by atoms with Crippen LogP contribution in [0.2, 0.25) is 0 Å². The molecule has 0 amide bonds. The predicted octanol–water partition coefficient (Wildman–Crippen LogP) is 4.77. The van der Waals surface area contributed by atoms with Crippen LogP contribution in [0.15, 0.2) is 30.3 Å². The molecule has 4 rings (SSSR count). The summed E-state index contributed by atoms with van der Waals surface area (Å²) in [7, 11) is 3.33. The van der Waals surface area contributed by atoms with Crippen molar-refractivity contribution < 1.29 is 14.6 Å². The van der Waals surface area contributed by atoms with Crippen LogP contribution in [0.5, 0.6) is 17.2 Å². The number of hydrogen-bond acceptors (Lipinski definition) is 5. The van der Waals surface area contributed by atoms with Gasteiger partial charge >= 0.3 is 0 Å². The van der Waals surface area contributed by atoms with Gasteiger partial charge in [-0.2, -0.15) is 0 Å². The van der Waals surface area contributed by atoms with Crippen molar-refractivity contribution in [3.63, 3.8) is 0 Å². The van der Waals surface area contributed by atoms with Crippen molar-refractivity contribution in [1.29, 1.82) is 0 Å². The van der Waals surface area contributed by atoms with E-state index in [0.29, 0.717) is 5.75 Å². The Hall–Kier alpha value is -2.50. The van der Waals surface area contributed by atoms with Crippen LogP contribution in [0, 0.1) is 0 Å². The fourth-order valence-corrected chi connectivity index (χ4v) is 4.61. The second-order valence-corrected chi connectivity index (χ2v) is 8.63. The lowest BCUT2D eigenvalue weighted by Gasteiger charge is -2.20. The molecule has 166 valence electrons. The highest BCUT2D eigenvalue weighted by Crippen LogP contribution is 2.30. The van der Waals surface area contributed by atoms with E-state index in [9.17, 15) is 5.11 Å². The highest BCUT2D eigenvalue weighted by molar-refractivity contribution is 5.72. The molecule has 2 fully saturated rings. The molecule has 2 aliphatic rings. The van der Waals surface area contributed by atoms with Crippen molar-refractivity contribution in [2.75, 3.05) is 40.4 Å². The maximum atomic E-state index is 11.0. The van der Waals surface area contributed by atoms with Gasteiger partial charge in [0.25, 0.3) is 0 Å². The average molecular weight is 423 g/mol. The molecule has 2 saturated heterocycles. The molecular weight excluding hydrogens is 388 g/mol. The second kappa shape index (κ2) is 10.2. The maximum Gasteiger partial charge on any atom is 0.124 e. The first-order valence-corrected chi connectivity index (χ1v) is 11.4. The van der Waals surface area contributed by atoms with Crippen LogP contribution in [0.1, 0.15) is 47.9 Å². The van der Waals surface area contributed by atoms with Crippen molar-refractivity contribution in [1.82, 2.24) is 9.80 Å². The number of likely N-dealkylation sites (tertiary alicyclic amines) is 2. The molecule has 0 atom stereocenters. The van der Waals surface area contributed by atoms with E-state index in [2.05, 4.69) is 34.1 Å². The minimum atomic E-state index is 0.471. The minimum absolute atomic E-state index is 0.471. The van der Waals surface area contributed by atoms with Crippen LogP contribution >= 0.6 is 0 Å². The summed E-state index contributed by atoms with van der Waals surface area (Å²) in [5.41, 5.74) is 4.19. The first kappa shape index (κ1) is 21.7. The summed E-state index contributed by atoms with van der Waals surface area (Å²) in [6.07, 6.45) is 9.19. The van der Waals surface area contributed by atoms with Gasteiger partial charge in [0.1, 0.15) is 17.2 Å². The van der Waals surface area contributed by atoms with Crippen LogP contribution < -0.4 is 9.47 Å². The molecule has 0 aromatic heterocycles. The molecule has 2 aromatic carbocycles. The molecule has 2 aliphatic heterocycles. The van der Waals surface area contributed by atoms with Crippen molar-refractivity contribution in [2.24, 2.45) is 0 Å². The molecular formula is C26H34N2O3. The van der Waals surface area contributed by atoms with Crippen molar-refractivity contribution in [3.05, 3.63) is 52.6 Å². The summed E-state index contributed by atoms with van der Waals surface area (Å²) >= 11 is 0. The van der Waals surface area contributed by atoms with Gasteiger partial charge < -0.3 is 14.6 Å². The van der Waals surface area contributed by atoms with Gasteiger partial charge in [-0.05, 0) is 87.3 Å². The van der Waals surface area contributed by atoms with Gasteiger partial charge in [0.2, 0.25) is 0 Å². The van der Waals surface area contributed by atoms with Crippen LogP contribution in [-0.4, -0.2) is 55.3 Å². The van der Waals surface area contributed by atoms with Crippen LogP contribution in [0.4, 0.5) is 0 Å². The number of benzene rings is 2. The molecule has 5 nitrogen and oxygen atoms in total. The van der Waals surface area contributed by atoms with Crippen molar-refractivity contribution >= 4 is 12.2 Å². The van der Waals surface area contributed by atoms with E-state index >= 15 is 0 Å². The van der Waals surface area contributed by atoms with Gasteiger partial charge in [-0.1, -0.05) is 12.2 Å². The first-order valence-electron chi connectivity index (χ1n) is 11.4. The van der Waals surface area contributed by atoms with Crippen LogP contribution in [-0.2, 0) is 13.1 Å². The fraction of sp³-hybridized carbons (Fsp3) is 0.462. The molecule has 2 heterocycles. The van der Waals surface area contributed by atoms with Gasteiger partial charge in [-0.3, -0.25) is 9.80 Å². The van der Waals surface area contributed by atoms with Crippen molar-refractivity contribution in [2.45, 2.75) is 38.8 Å². The standard InChI is InChI=1S/C26H34N2O3/c1-30-24-15-21(16-25(17-24)31-2)8-7-20-13-22(18-27-9-3-4-10-27)26(29)23(14-20)19-28-11-5-6-12-28/h7-8,13-17,29H,3-6,9-12,18-19H2,1-2H3/b8-7+. The largest absolute Gasteiger partial charge is 0.507 e. The summed E-state index contributed by atoms with van der Waals surface area (Å²) in [4.78, 5) is 4.88. The highest BCUT2D eigenvalue weighted by atomic mass is 16.5. The molecule has 5 heteroatoms. The van der Waals surface area contributed by atoms with E-state index in [1.165, 1.54) is 25.7 Å². The van der Waals surface area contributed by atoms with Crippen LogP contribution in [0.3, 0.4) is 0 Å². The monoisotopic (exact) mass is 422 g/mol. The SMILES string of the molecule is COc1cc(/C=C/c2cc(CN3CCCC3)c(O)c(CN3CCCC3)c2)cc(OC)c1. The number of phenolic OH excluding ortho intramolecular Hbond substituents is 1. The number of rotatable bonds is 8. The third-order valence-electron chi connectivity index (χ3n) is 6.32. The Morgan fingerprint density at radius 2 is 1.13 bits per heavy atom. The van der Waals surface area contributed by atoms with E-state index in [1.807, 2.05) is 18.2 Å². The highest BCUT2D eigenvalue weighted by Gasteiger charge is 2.19. The van der Waals surface area contributed by atoms with Gasteiger partial charge in [-0.15, -0.1) is 0 Å². The topological polar surface area (TPSA) is 45.2 Å². The third kappa shape index (κ3) is 5.60. The van der Waals surface area contributed by atoms with E-state index in [4.69, 9.17) is 9.47 Å².